The van der Waals surface area contributed by atoms with E-state index in [-0.39, 0.29) is 30.3 Å². The molecular weight excluding hydrogens is 580 g/mol. The number of piperidine rings is 2. The highest BCUT2D eigenvalue weighted by atomic mass is 16.2. The minimum Gasteiger partial charge on any atom is -0.343 e. The van der Waals surface area contributed by atoms with Gasteiger partial charge in [-0.05, 0) is 80.9 Å². The number of para-hydroxylation sites is 1. The Balaban J connectivity index is 0.986. The molecule has 3 fully saturated rings. The third-order valence-electron chi connectivity index (χ3n) is 10.6. The summed E-state index contributed by atoms with van der Waals surface area (Å²) in [6, 6.07) is 14.7. The molecule has 0 saturated carbocycles. The standard InChI is InChI=1S/C35H46N8O3/c44-33(41-14-10-30(11-15-41)43-16-9-26-3-1-2-4-31(26)38-35(43)46)23-27(21-25-5-6-32-28(22-25)24-37-39-32)34(45)42-19-17-40(18-20-42)29-7-12-36-13-8-29/h1-6,22,24,27,29-30,36H,7-21,23H2,(H,37,39)(H,38,46). The molecule has 1 aromatic heterocycles. The molecule has 3 aromatic rings. The van der Waals surface area contributed by atoms with Gasteiger partial charge in [-0.15, -0.1) is 0 Å². The Morgan fingerprint density at radius 2 is 1.65 bits per heavy atom. The number of amides is 4. The first-order chi connectivity index (χ1) is 22.5. The first-order valence-corrected chi connectivity index (χ1v) is 17.1. The third-order valence-corrected chi connectivity index (χ3v) is 10.6. The Morgan fingerprint density at radius 3 is 2.46 bits per heavy atom. The van der Waals surface area contributed by atoms with Crippen molar-refractivity contribution in [1.29, 1.82) is 0 Å². The second-order valence-corrected chi connectivity index (χ2v) is 13.4. The number of aromatic amines is 1. The second-order valence-electron chi connectivity index (χ2n) is 13.4. The van der Waals surface area contributed by atoms with Crippen LogP contribution < -0.4 is 10.6 Å². The van der Waals surface area contributed by atoms with Crippen molar-refractivity contribution in [3.05, 3.63) is 59.8 Å². The zero-order valence-corrected chi connectivity index (χ0v) is 26.6. The maximum absolute atomic E-state index is 14.1. The maximum Gasteiger partial charge on any atom is 0.322 e. The van der Waals surface area contributed by atoms with E-state index in [1.807, 2.05) is 45.0 Å². The number of piperazine rings is 1. The lowest BCUT2D eigenvalue weighted by Gasteiger charge is -2.42. The number of nitrogens with one attached hydrogen (secondary N) is 3. The second kappa shape index (κ2) is 13.8. The summed E-state index contributed by atoms with van der Waals surface area (Å²) in [7, 11) is 0. The van der Waals surface area contributed by atoms with Gasteiger partial charge in [-0.1, -0.05) is 24.3 Å². The van der Waals surface area contributed by atoms with Gasteiger partial charge in [-0.2, -0.15) is 5.10 Å². The van der Waals surface area contributed by atoms with Crippen LogP contribution in [-0.4, -0.2) is 119 Å². The van der Waals surface area contributed by atoms with Crippen molar-refractivity contribution in [2.45, 2.75) is 57.0 Å². The molecule has 244 valence electrons. The molecule has 5 heterocycles. The minimum atomic E-state index is -0.421. The molecule has 0 radical (unpaired) electrons. The number of hydrogen-bond donors (Lipinski definition) is 3. The minimum absolute atomic E-state index is 0.0299. The van der Waals surface area contributed by atoms with Gasteiger partial charge in [0.2, 0.25) is 11.8 Å². The number of hydrogen-bond acceptors (Lipinski definition) is 6. The Labute approximate surface area is 270 Å². The van der Waals surface area contributed by atoms with Crippen molar-refractivity contribution in [1.82, 2.24) is 35.1 Å². The quantitative estimate of drug-likeness (QED) is 0.371. The predicted molar refractivity (Wildman–Crippen MR) is 177 cm³/mol. The molecule has 2 aromatic carbocycles. The number of urea groups is 1. The zero-order valence-electron chi connectivity index (χ0n) is 26.6. The summed E-state index contributed by atoms with van der Waals surface area (Å²) < 4.78 is 0. The van der Waals surface area contributed by atoms with Crippen molar-refractivity contribution in [3.63, 3.8) is 0 Å². The van der Waals surface area contributed by atoms with Crippen molar-refractivity contribution >= 4 is 34.4 Å². The molecule has 1 unspecified atom stereocenters. The number of rotatable bonds is 7. The SMILES string of the molecule is O=C(CC(Cc1ccc2[nH]ncc2c1)C(=O)N1CCN(C2CCNCC2)CC1)N1CCC(N2CCc3ccccc3NC2=O)CC1. The molecule has 0 spiro atoms. The van der Waals surface area contributed by atoms with Crippen LogP contribution in [0.4, 0.5) is 10.5 Å². The van der Waals surface area contributed by atoms with E-state index in [1.54, 1.807) is 6.20 Å². The van der Waals surface area contributed by atoms with Gasteiger partial charge < -0.3 is 25.3 Å². The van der Waals surface area contributed by atoms with Crippen LogP contribution >= 0.6 is 0 Å². The molecule has 11 heteroatoms. The third kappa shape index (κ3) is 6.76. The number of benzene rings is 2. The van der Waals surface area contributed by atoms with Gasteiger partial charge >= 0.3 is 6.03 Å². The van der Waals surface area contributed by atoms with Gasteiger partial charge in [-0.3, -0.25) is 19.6 Å². The number of nitrogens with zero attached hydrogens (tertiary/aromatic N) is 5. The summed E-state index contributed by atoms with van der Waals surface area (Å²) in [5.41, 5.74) is 4.04. The number of anilines is 1. The first-order valence-electron chi connectivity index (χ1n) is 17.1. The van der Waals surface area contributed by atoms with Crippen molar-refractivity contribution < 1.29 is 14.4 Å². The number of H-pyrrole nitrogens is 1. The number of likely N-dealkylation sites (tertiary alicyclic amines) is 1. The van der Waals surface area contributed by atoms with Crippen LogP contribution in [0, 0.1) is 5.92 Å². The summed E-state index contributed by atoms with van der Waals surface area (Å²) in [5.74, 6) is -0.307. The normalized spacial score (nSPS) is 21.1. The highest BCUT2D eigenvalue weighted by molar-refractivity contribution is 5.91. The monoisotopic (exact) mass is 626 g/mol. The lowest BCUT2D eigenvalue weighted by Crippen LogP contribution is -2.55. The van der Waals surface area contributed by atoms with Crippen LogP contribution in [0.25, 0.3) is 10.9 Å². The predicted octanol–water partition coefficient (Wildman–Crippen LogP) is 3.09. The van der Waals surface area contributed by atoms with Gasteiger partial charge in [0.25, 0.3) is 0 Å². The van der Waals surface area contributed by atoms with Crippen LogP contribution in [0.5, 0.6) is 0 Å². The summed E-state index contributed by atoms with van der Waals surface area (Å²) in [4.78, 5) is 49.4. The van der Waals surface area contributed by atoms with Crippen LogP contribution in [0.1, 0.15) is 43.2 Å². The molecule has 3 N–H and O–H groups in total. The summed E-state index contributed by atoms with van der Waals surface area (Å²) in [5, 5.41) is 14.7. The van der Waals surface area contributed by atoms with Gasteiger partial charge in [0.15, 0.2) is 0 Å². The molecule has 46 heavy (non-hydrogen) atoms. The number of carbonyl (C=O) groups excluding carboxylic acids is 3. The van der Waals surface area contributed by atoms with E-state index < -0.39 is 5.92 Å². The summed E-state index contributed by atoms with van der Waals surface area (Å²) >= 11 is 0. The molecule has 4 aliphatic heterocycles. The number of carbonyl (C=O) groups is 3. The van der Waals surface area contributed by atoms with E-state index >= 15 is 0 Å². The number of aromatic nitrogens is 2. The highest BCUT2D eigenvalue weighted by Gasteiger charge is 2.35. The Hall–Kier alpha value is -3.96. The molecule has 3 saturated heterocycles. The van der Waals surface area contributed by atoms with Gasteiger partial charge in [0.05, 0.1) is 17.6 Å². The molecule has 4 aliphatic rings. The molecule has 0 aliphatic carbocycles. The molecule has 7 rings (SSSR count). The smallest absolute Gasteiger partial charge is 0.322 e. The molecule has 4 amide bonds. The average molecular weight is 627 g/mol. The molecule has 1 atom stereocenters. The topological polar surface area (TPSA) is 117 Å². The fourth-order valence-corrected chi connectivity index (χ4v) is 7.89. The zero-order chi connectivity index (χ0) is 31.5. The molecule has 0 bridgehead atoms. The van der Waals surface area contributed by atoms with Crippen LogP contribution in [0.3, 0.4) is 0 Å². The van der Waals surface area contributed by atoms with Gasteiger partial charge in [0, 0.05) is 75.4 Å². The summed E-state index contributed by atoms with van der Waals surface area (Å²) in [6.07, 6.45) is 7.13. The molecular formula is C35H46N8O3. The van der Waals surface area contributed by atoms with E-state index in [9.17, 15) is 14.4 Å². The summed E-state index contributed by atoms with van der Waals surface area (Å²) in [6.45, 7) is 7.18. The van der Waals surface area contributed by atoms with Crippen LogP contribution in [-0.2, 0) is 22.4 Å². The first kappa shape index (κ1) is 30.7. The van der Waals surface area contributed by atoms with E-state index in [1.165, 1.54) is 0 Å². The van der Waals surface area contributed by atoms with Crippen molar-refractivity contribution in [2.75, 3.05) is 64.2 Å². The van der Waals surface area contributed by atoms with E-state index in [0.717, 1.165) is 86.0 Å². The lowest BCUT2D eigenvalue weighted by molar-refractivity contribution is -0.143. The largest absolute Gasteiger partial charge is 0.343 e. The maximum atomic E-state index is 14.1. The van der Waals surface area contributed by atoms with E-state index in [4.69, 9.17) is 0 Å². The van der Waals surface area contributed by atoms with Crippen LogP contribution in [0.15, 0.2) is 48.7 Å². The highest BCUT2D eigenvalue weighted by Crippen LogP contribution is 2.27. The Bertz CT molecular complexity index is 1540. The fourth-order valence-electron chi connectivity index (χ4n) is 7.89. The average Bonchev–Trinajstić information content (AvgIpc) is 3.50. The lowest BCUT2D eigenvalue weighted by atomic mass is 9.92. The Morgan fingerprint density at radius 1 is 0.870 bits per heavy atom. The van der Waals surface area contributed by atoms with Crippen molar-refractivity contribution in [3.8, 4) is 0 Å². The Kier molecular flexibility index (Phi) is 9.21. The van der Waals surface area contributed by atoms with E-state index in [0.29, 0.717) is 45.2 Å². The fraction of sp³-hybridized carbons (Fsp3) is 0.543. The number of fused-ring (bicyclic) bond motifs is 2. The molecule has 11 nitrogen and oxygen atoms in total. The van der Waals surface area contributed by atoms with Gasteiger partial charge in [-0.25, -0.2) is 4.79 Å². The van der Waals surface area contributed by atoms with Crippen molar-refractivity contribution in [2.24, 2.45) is 5.92 Å². The van der Waals surface area contributed by atoms with Crippen LogP contribution in [0.2, 0.25) is 0 Å². The van der Waals surface area contributed by atoms with E-state index in [2.05, 4.69) is 37.9 Å². The van der Waals surface area contributed by atoms with Gasteiger partial charge in [0.1, 0.15) is 0 Å².